The summed E-state index contributed by atoms with van der Waals surface area (Å²) in [5, 5.41) is 0. The van der Waals surface area contributed by atoms with Gasteiger partial charge < -0.3 is 9.47 Å². The van der Waals surface area contributed by atoms with Crippen molar-refractivity contribution in [2.24, 2.45) is 0 Å². The van der Waals surface area contributed by atoms with E-state index < -0.39 is 5.97 Å². The highest BCUT2D eigenvalue weighted by Gasteiger charge is 2.09. The fourth-order valence-electron chi connectivity index (χ4n) is 2.16. The third-order valence-electron chi connectivity index (χ3n) is 3.40. The van der Waals surface area contributed by atoms with Gasteiger partial charge in [-0.05, 0) is 37.0 Å². The zero-order chi connectivity index (χ0) is 17.2. The third kappa shape index (κ3) is 5.83. The number of pyridine rings is 1. The van der Waals surface area contributed by atoms with Crippen LogP contribution in [-0.2, 0) is 27.3 Å². The molecule has 0 spiro atoms. The predicted octanol–water partition coefficient (Wildman–Crippen LogP) is 3.32. The molecular weight excluding hydrogens is 306 g/mol. The first kappa shape index (κ1) is 17.7. The van der Waals surface area contributed by atoms with Crippen LogP contribution >= 0.6 is 0 Å². The van der Waals surface area contributed by atoms with Gasteiger partial charge in [-0.3, -0.25) is 4.79 Å². The minimum Gasteiger partial charge on any atom is -0.466 e. The largest absolute Gasteiger partial charge is 0.466 e. The predicted molar refractivity (Wildman–Crippen MR) is 89.4 cm³/mol. The van der Waals surface area contributed by atoms with E-state index in [1.54, 1.807) is 19.2 Å². The second-order valence-corrected chi connectivity index (χ2v) is 5.27. The minimum absolute atomic E-state index is 0.188. The lowest BCUT2D eigenvalue weighted by Crippen LogP contribution is -2.08. The van der Waals surface area contributed by atoms with E-state index in [-0.39, 0.29) is 18.3 Å². The van der Waals surface area contributed by atoms with E-state index in [0.29, 0.717) is 25.9 Å². The SMILES string of the molecule is CCOC(=O)CCCc1ccc(C(=O)OCc2ccccc2)nc1. The number of ether oxygens (including phenoxy) is 2. The van der Waals surface area contributed by atoms with Crippen LogP contribution in [0.3, 0.4) is 0 Å². The quantitative estimate of drug-likeness (QED) is 0.696. The van der Waals surface area contributed by atoms with Crippen LogP contribution in [0.15, 0.2) is 48.7 Å². The zero-order valence-electron chi connectivity index (χ0n) is 13.7. The van der Waals surface area contributed by atoms with Crippen molar-refractivity contribution in [2.45, 2.75) is 32.8 Å². The molecule has 5 heteroatoms. The Balaban J connectivity index is 1.78. The highest BCUT2D eigenvalue weighted by Crippen LogP contribution is 2.08. The van der Waals surface area contributed by atoms with Crippen molar-refractivity contribution >= 4 is 11.9 Å². The van der Waals surface area contributed by atoms with Gasteiger partial charge in [-0.1, -0.05) is 36.4 Å². The smallest absolute Gasteiger partial charge is 0.357 e. The van der Waals surface area contributed by atoms with E-state index >= 15 is 0 Å². The molecule has 0 saturated heterocycles. The number of aromatic nitrogens is 1. The highest BCUT2D eigenvalue weighted by molar-refractivity contribution is 5.87. The van der Waals surface area contributed by atoms with Crippen LogP contribution in [0.4, 0.5) is 0 Å². The Hall–Kier alpha value is -2.69. The van der Waals surface area contributed by atoms with Crippen molar-refractivity contribution in [3.05, 3.63) is 65.5 Å². The summed E-state index contributed by atoms with van der Waals surface area (Å²) in [7, 11) is 0. The first-order valence-electron chi connectivity index (χ1n) is 8.00. The molecule has 24 heavy (non-hydrogen) atoms. The van der Waals surface area contributed by atoms with Crippen molar-refractivity contribution < 1.29 is 19.1 Å². The molecule has 1 heterocycles. The Morgan fingerprint density at radius 1 is 1.00 bits per heavy atom. The van der Waals surface area contributed by atoms with Gasteiger partial charge >= 0.3 is 11.9 Å². The van der Waals surface area contributed by atoms with E-state index in [0.717, 1.165) is 11.1 Å². The second kappa shape index (κ2) is 9.45. The Labute approximate surface area is 141 Å². The molecule has 0 unspecified atom stereocenters. The Morgan fingerprint density at radius 2 is 1.79 bits per heavy atom. The number of carbonyl (C=O) groups excluding carboxylic acids is 2. The molecule has 5 nitrogen and oxygen atoms in total. The Kier molecular flexibility index (Phi) is 6.95. The zero-order valence-corrected chi connectivity index (χ0v) is 13.7. The van der Waals surface area contributed by atoms with E-state index in [4.69, 9.17) is 9.47 Å². The van der Waals surface area contributed by atoms with E-state index in [1.807, 2.05) is 36.4 Å². The molecule has 126 valence electrons. The van der Waals surface area contributed by atoms with Crippen molar-refractivity contribution in [1.82, 2.24) is 4.98 Å². The number of hydrogen-bond donors (Lipinski definition) is 0. The third-order valence-corrected chi connectivity index (χ3v) is 3.40. The maximum absolute atomic E-state index is 12.0. The summed E-state index contributed by atoms with van der Waals surface area (Å²) in [6.45, 7) is 2.42. The fourth-order valence-corrected chi connectivity index (χ4v) is 2.16. The molecule has 0 atom stereocenters. The number of esters is 2. The van der Waals surface area contributed by atoms with Crippen LogP contribution < -0.4 is 0 Å². The van der Waals surface area contributed by atoms with Gasteiger partial charge in [0.05, 0.1) is 6.61 Å². The molecule has 0 radical (unpaired) electrons. The van der Waals surface area contributed by atoms with Crippen molar-refractivity contribution in [1.29, 1.82) is 0 Å². The topological polar surface area (TPSA) is 65.5 Å². The molecule has 0 aliphatic rings. The standard InChI is InChI=1S/C19H21NO4/c1-2-23-18(21)10-6-9-15-11-12-17(20-13-15)19(22)24-14-16-7-4-3-5-8-16/h3-5,7-8,11-13H,2,6,9-10,14H2,1H3. The average Bonchev–Trinajstić information content (AvgIpc) is 2.61. The number of aryl methyl sites for hydroxylation is 1. The van der Waals surface area contributed by atoms with Crippen LogP contribution in [0.5, 0.6) is 0 Å². The van der Waals surface area contributed by atoms with Gasteiger partial charge in [0.25, 0.3) is 0 Å². The molecule has 1 aromatic heterocycles. The van der Waals surface area contributed by atoms with Gasteiger partial charge in [0.1, 0.15) is 12.3 Å². The van der Waals surface area contributed by atoms with E-state index in [2.05, 4.69) is 4.98 Å². The summed E-state index contributed by atoms with van der Waals surface area (Å²) in [6.07, 6.45) is 3.43. The first-order chi connectivity index (χ1) is 11.7. The van der Waals surface area contributed by atoms with Gasteiger partial charge in [-0.2, -0.15) is 0 Å². The van der Waals surface area contributed by atoms with Crippen molar-refractivity contribution in [2.75, 3.05) is 6.61 Å². The molecule has 1 aromatic carbocycles. The summed E-state index contributed by atoms with van der Waals surface area (Å²) in [6, 6.07) is 13.0. The summed E-state index contributed by atoms with van der Waals surface area (Å²) >= 11 is 0. The number of benzene rings is 1. The summed E-state index contributed by atoms with van der Waals surface area (Å²) in [5.74, 6) is -0.636. The summed E-state index contributed by atoms with van der Waals surface area (Å²) in [4.78, 5) is 27.4. The molecule has 2 rings (SSSR count). The number of nitrogens with zero attached hydrogens (tertiary/aromatic N) is 1. The lowest BCUT2D eigenvalue weighted by Gasteiger charge is -2.05. The number of carbonyl (C=O) groups is 2. The molecule has 0 fully saturated rings. The van der Waals surface area contributed by atoms with Gasteiger partial charge in [-0.15, -0.1) is 0 Å². The molecule has 0 aliphatic carbocycles. The summed E-state index contributed by atoms with van der Waals surface area (Å²) < 4.78 is 10.1. The Morgan fingerprint density at radius 3 is 2.46 bits per heavy atom. The molecule has 0 saturated carbocycles. The molecule has 0 bridgehead atoms. The van der Waals surface area contributed by atoms with Gasteiger partial charge in [-0.25, -0.2) is 9.78 Å². The van der Waals surface area contributed by atoms with E-state index in [1.165, 1.54) is 0 Å². The maximum atomic E-state index is 12.0. The monoisotopic (exact) mass is 327 g/mol. The molecule has 2 aromatic rings. The Bertz CT molecular complexity index is 653. The van der Waals surface area contributed by atoms with Gasteiger partial charge in [0, 0.05) is 12.6 Å². The van der Waals surface area contributed by atoms with Crippen LogP contribution in [0.2, 0.25) is 0 Å². The highest BCUT2D eigenvalue weighted by atomic mass is 16.5. The lowest BCUT2D eigenvalue weighted by atomic mass is 10.1. The second-order valence-electron chi connectivity index (χ2n) is 5.27. The van der Waals surface area contributed by atoms with Crippen LogP contribution in [0, 0.1) is 0 Å². The van der Waals surface area contributed by atoms with Gasteiger partial charge in [0.15, 0.2) is 0 Å². The molecule has 0 N–H and O–H groups in total. The van der Waals surface area contributed by atoms with Crippen molar-refractivity contribution in [3.63, 3.8) is 0 Å². The van der Waals surface area contributed by atoms with E-state index in [9.17, 15) is 9.59 Å². The number of hydrogen-bond acceptors (Lipinski definition) is 5. The van der Waals surface area contributed by atoms with Crippen LogP contribution in [0.25, 0.3) is 0 Å². The fraction of sp³-hybridized carbons (Fsp3) is 0.316. The average molecular weight is 327 g/mol. The van der Waals surface area contributed by atoms with Crippen molar-refractivity contribution in [3.8, 4) is 0 Å². The van der Waals surface area contributed by atoms with Gasteiger partial charge in [0.2, 0.25) is 0 Å². The minimum atomic E-state index is -0.447. The lowest BCUT2D eigenvalue weighted by molar-refractivity contribution is -0.143. The summed E-state index contributed by atoms with van der Waals surface area (Å²) in [5.41, 5.74) is 2.18. The molecule has 0 amide bonds. The maximum Gasteiger partial charge on any atom is 0.357 e. The first-order valence-corrected chi connectivity index (χ1v) is 8.00. The molecule has 0 aliphatic heterocycles. The van der Waals surface area contributed by atoms with Crippen LogP contribution in [-0.4, -0.2) is 23.5 Å². The van der Waals surface area contributed by atoms with Crippen LogP contribution in [0.1, 0.15) is 41.4 Å². The number of rotatable bonds is 8. The normalized spacial score (nSPS) is 10.2. The molecular formula is C19H21NO4.